The summed E-state index contributed by atoms with van der Waals surface area (Å²) in [7, 11) is 0. The number of benzene rings is 1. The summed E-state index contributed by atoms with van der Waals surface area (Å²) >= 11 is 3.55. The van der Waals surface area contributed by atoms with E-state index in [1.54, 1.807) is 0 Å². The van der Waals surface area contributed by atoms with Crippen LogP contribution in [0, 0.1) is 0 Å². The van der Waals surface area contributed by atoms with E-state index in [-0.39, 0.29) is 0 Å². The number of hydrogen-bond donors (Lipinski definition) is 1. The lowest BCUT2D eigenvalue weighted by molar-refractivity contribution is 0.149. The predicted molar refractivity (Wildman–Crippen MR) is 77.0 cm³/mol. The van der Waals surface area contributed by atoms with Gasteiger partial charge < -0.3 is 14.6 Å². The molecule has 0 aromatic heterocycles. The second kappa shape index (κ2) is 4.67. The maximum absolute atomic E-state index is 10.5. The molecule has 0 radical (unpaired) electrons. The van der Waals surface area contributed by atoms with Gasteiger partial charge >= 0.3 is 0 Å². The molecular weight excluding hydrogens is 308 g/mol. The molecule has 1 aromatic rings. The van der Waals surface area contributed by atoms with E-state index >= 15 is 0 Å². The molecule has 0 bridgehead atoms. The van der Waals surface area contributed by atoms with E-state index in [1.165, 1.54) is 0 Å². The van der Waals surface area contributed by atoms with Crippen LogP contribution < -0.4 is 9.47 Å². The van der Waals surface area contributed by atoms with E-state index in [0.717, 1.165) is 46.4 Å². The van der Waals surface area contributed by atoms with Gasteiger partial charge in [-0.15, -0.1) is 0 Å². The number of rotatable bonds is 2. The van der Waals surface area contributed by atoms with Crippen LogP contribution in [0.5, 0.6) is 11.5 Å². The zero-order valence-electron chi connectivity index (χ0n) is 11.3. The fraction of sp³-hybridized carbons (Fsp3) is 0.600. The van der Waals surface area contributed by atoms with Crippen LogP contribution in [0.15, 0.2) is 10.5 Å². The van der Waals surface area contributed by atoms with Gasteiger partial charge in [0.15, 0.2) is 11.5 Å². The third kappa shape index (κ3) is 2.25. The van der Waals surface area contributed by atoms with Crippen LogP contribution >= 0.6 is 15.9 Å². The van der Waals surface area contributed by atoms with Crippen molar-refractivity contribution >= 4 is 15.9 Å². The van der Waals surface area contributed by atoms with E-state index in [9.17, 15) is 5.11 Å². The first-order valence-corrected chi connectivity index (χ1v) is 7.67. The number of hydrogen-bond acceptors (Lipinski definition) is 3. The minimum absolute atomic E-state index is 0.295. The van der Waals surface area contributed by atoms with Gasteiger partial charge in [-0.05, 0) is 46.3 Å². The zero-order valence-corrected chi connectivity index (χ0v) is 12.9. The SMILES string of the molecule is CC(C)c1c(C2(O)CC2)cc(Br)c2c1OCCCO2. The molecule has 1 aliphatic carbocycles. The molecule has 104 valence electrons. The molecule has 0 atom stereocenters. The van der Waals surface area contributed by atoms with E-state index < -0.39 is 5.60 Å². The van der Waals surface area contributed by atoms with Crippen LogP contribution in [0.25, 0.3) is 0 Å². The van der Waals surface area contributed by atoms with Gasteiger partial charge in [-0.2, -0.15) is 0 Å². The highest BCUT2D eigenvalue weighted by Gasteiger charge is 2.45. The van der Waals surface area contributed by atoms with Crippen LogP contribution in [0.4, 0.5) is 0 Å². The summed E-state index contributed by atoms with van der Waals surface area (Å²) in [6.45, 7) is 5.60. The minimum Gasteiger partial charge on any atom is -0.489 e. The third-order valence-electron chi connectivity index (χ3n) is 3.81. The smallest absolute Gasteiger partial charge is 0.175 e. The molecule has 0 unspecified atom stereocenters. The van der Waals surface area contributed by atoms with Crippen LogP contribution in [0.2, 0.25) is 0 Å². The van der Waals surface area contributed by atoms with Crippen molar-refractivity contribution in [3.63, 3.8) is 0 Å². The number of fused-ring (bicyclic) bond motifs is 1. The van der Waals surface area contributed by atoms with Crippen molar-refractivity contribution in [2.45, 2.75) is 44.6 Å². The molecule has 19 heavy (non-hydrogen) atoms. The first-order valence-electron chi connectivity index (χ1n) is 6.88. The summed E-state index contributed by atoms with van der Waals surface area (Å²) in [5, 5.41) is 10.5. The van der Waals surface area contributed by atoms with Crippen molar-refractivity contribution in [3.8, 4) is 11.5 Å². The topological polar surface area (TPSA) is 38.7 Å². The molecule has 0 spiro atoms. The molecular formula is C15H19BrO3. The average Bonchev–Trinajstić information content (AvgIpc) is 3.12. The normalized spacial score (nSPS) is 20.3. The highest BCUT2D eigenvalue weighted by Crippen LogP contribution is 2.54. The van der Waals surface area contributed by atoms with Crippen molar-refractivity contribution in [1.29, 1.82) is 0 Å². The Bertz CT molecular complexity index is 507. The molecule has 1 fully saturated rings. The second-order valence-corrected chi connectivity index (χ2v) is 6.57. The molecule has 1 aliphatic heterocycles. The van der Waals surface area contributed by atoms with Gasteiger partial charge in [0.2, 0.25) is 0 Å². The molecule has 3 rings (SSSR count). The van der Waals surface area contributed by atoms with Crippen molar-refractivity contribution in [3.05, 3.63) is 21.7 Å². The molecule has 0 saturated heterocycles. The maximum Gasteiger partial charge on any atom is 0.175 e. The van der Waals surface area contributed by atoms with E-state index in [4.69, 9.17) is 9.47 Å². The molecule has 1 saturated carbocycles. The highest BCUT2D eigenvalue weighted by atomic mass is 79.9. The number of aliphatic hydroxyl groups is 1. The van der Waals surface area contributed by atoms with Gasteiger partial charge in [0, 0.05) is 12.0 Å². The lowest BCUT2D eigenvalue weighted by Crippen LogP contribution is -2.12. The average molecular weight is 327 g/mol. The molecule has 3 nitrogen and oxygen atoms in total. The largest absolute Gasteiger partial charge is 0.489 e. The minimum atomic E-state index is -0.660. The predicted octanol–water partition coefficient (Wildman–Crippen LogP) is 3.72. The summed E-state index contributed by atoms with van der Waals surface area (Å²) in [6.07, 6.45) is 2.55. The Hall–Kier alpha value is -0.740. The Kier molecular flexibility index (Phi) is 3.26. The van der Waals surface area contributed by atoms with Gasteiger partial charge in [0.05, 0.1) is 23.3 Å². The van der Waals surface area contributed by atoms with Gasteiger partial charge in [0.1, 0.15) is 0 Å². The Morgan fingerprint density at radius 1 is 1.21 bits per heavy atom. The Morgan fingerprint density at radius 2 is 1.84 bits per heavy atom. The molecule has 1 N–H and O–H groups in total. The van der Waals surface area contributed by atoms with Gasteiger partial charge in [-0.1, -0.05) is 13.8 Å². The summed E-state index contributed by atoms with van der Waals surface area (Å²) in [6, 6.07) is 2.01. The summed E-state index contributed by atoms with van der Waals surface area (Å²) < 4.78 is 12.6. The molecule has 1 heterocycles. The monoisotopic (exact) mass is 326 g/mol. The lowest BCUT2D eigenvalue weighted by Gasteiger charge is -2.23. The van der Waals surface area contributed by atoms with E-state index in [1.807, 2.05) is 6.07 Å². The second-order valence-electron chi connectivity index (χ2n) is 5.71. The first-order chi connectivity index (χ1) is 9.03. The quantitative estimate of drug-likeness (QED) is 0.900. The lowest BCUT2D eigenvalue weighted by atomic mass is 9.91. The number of halogens is 1. The molecule has 1 aromatic carbocycles. The van der Waals surface area contributed by atoms with Crippen molar-refractivity contribution in [1.82, 2.24) is 0 Å². The summed E-state index contributed by atoms with van der Waals surface area (Å²) in [5.74, 6) is 1.90. The van der Waals surface area contributed by atoms with Gasteiger partial charge in [-0.25, -0.2) is 0 Å². The van der Waals surface area contributed by atoms with Crippen molar-refractivity contribution < 1.29 is 14.6 Å². The summed E-state index contributed by atoms with van der Waals surface area (Å²) in [4.78, 5) is 0. The fourth-order valence-corrected chi connectivity index (χ4v) is 3.18. The van der Waals surface area contributed by atoms with Crippen LogP contribution in [0.1, 0.15) is 50.2 Å². The van der Waals surface area contributed by atoms with Crippen LogP contribution in [-0.4, -0.2) is 18.3 Å². The zero-order chi connectivity index (χ0) is 13.6. The molecule has 2 aliphatic rings. The standard InChI is InChI=1S/C15H19BrO3/c1-9(2)12-10(15(17)4-5-15)8-11(16)13-14(12)19-7-3-6-18-13/h8-9,17H,3-7H2,1-2H3. The van der Waals surface area contributed by atoms with Crippen LogP contribution in [-0.2, 0) is 5.60 Å². The Balaban J connectivity index is 2.21. The van der Waals surface area contributed by atoms with Crippen molar-refractivity contribution in [2.75, 3.05) is 13.2 Å². The molecule has 0 amide bonds. The van der Waals surface area contributed by atoms with Crippen molar-refractivity contribution in [2.24, 2.45) is 0 Å². The first kappa shape index (κ1) is 13.3. The molecule has 4 heteroatoms. The fourth-order valence-electron chi connectivity index (χ4n) is 2.65. The van der Waals surface area contributed by atoms with E-state index in [0.29, 0.717) is 19.1 Å². The number of ether oxygens (including phenoxy) is 2. The van der Waals surface area contributed by atoms with Crippen LogP contribution in [0.3, 0.4) is 0 Å². The Morgan fingerprint density at radius 3 is 2.42 bits per heavy atom. The van der Waals surface area contributed by atoms with Gasteiger partial charge in [-0.3, -0.25) is 0 Å². The van der Waals surface area contributed by atoms with Gasteiger partial charge in [0.25, 0.3) is 0 Å². The van der Waals surface area contributed by atoms with E-state index in [2.05, 4.69) is 29.8 Å². The third-order valence-corrected chi connectivity index (χ3v) is 4.40. The maximum atomic E-state index is 10.5. The Labute approximate surface area is 122 Å². The highest BCUT2D eigenvalue weighted by molar-refractivity contribution is 9.10. The summed E-state index contributed by atoms with van der Waals surface area (Å²) in [5.41, 5.74) is 1.44.